The molecule has 0 bridgehead atoms. The zero-order chi connectivity index (χ0) is 19.0. The van der Waals surface area contributed by atoms with Gasteiger partial charge in [0.05, 0.1) is 0 Å². The summed E-state index contributed by atoms with van der Waals surface area (Å²) >= 11 is 11.8. The summed E-state index contributed by atoms with van der Waals surface area (Å²) in [4.78, 5) is 22.9. The van der Waals surface area contributed by atoms with E-state index in [1.165, 1.54) is 0 Å². The molecule has 2 aliphatic rings. The smallest absolute Gasteiger partial charge is 0.260 e. The molecule has 2 aromatic carbocycles. The van der Waals surface area contributed by atoms with Crippen LogP contribution in [0.15, 0.2) is 59.6 Å². The first-order valence-electron chi connectivity index (χ1n) is 8.98. The van der Waals surface area contributed by atoms with Crippen LogP contribution in [0, 0.1) is 0 Å². The minimum Gasteiger partial charge on any atom is -0.306 e. The summed E-state index contributed by atoms with van der Waals surface area (Å²) in [5.74, 6) is -0.115. The van der Waals surface area contributed by atoms with Crippen molar-refractivity contribution in [1.82, 2.24) is 9.80 Å². The van der Waals surface area contributed by atoms with Gasteiger partial charge in [-0.15, -0.1) is 0 Å². The van der Waals surface area contributed by atoms with Gasteiger partial charge >= 0.3 is 0 Å². The Balaban J connectivity index is 1.76. The van der Waals surface area contributed by atoms with Crippen LogP contribution in [0.2, 0.25) is 5.02 Å². The summed E-state index contributed by atoms with van der Waals surface area (Å²) in [6.45, 7) is 1.75. The maximum atomic E-state index is 13.4. The molecule has 0 N–H and O–H groups in total. The van der Waals surface area contributed by atoms with E-state index >= 15 is 0 Å². The van der Waals surface area contributed by atoms with Crippen LogP contribution in [0.1, 0.15) is 28.8 Å². The average Bonchev–Trinajstić information content (AvgIpc) is 2.97. The number of amides is 1. The molecule has 0 atom stereocenters. The van der Waals surface area contributed by atoms with Crippen molar-refractivity contribution in [1.29, 1.82) is 0 Å². The Bertz CT molecular complexity index is 903. The van der Waals surface area contributed by atoms with E-state index in [0.717, 1.165) is 37.2 Å². The van der Waals surface area contributed by atoms with E-state index in [-0.39, 0.29) is 5.91 Å². The second-order valence-corrected chi connectivity index (χ2v) is 7.89. The molecule has 27 heavy (non-hydrogen) atoms. The highest BCUT2D eigenvalue weighted by Crippen LogP contribution is 2.37. The van der Waals surface area contributed by atoms with Crippen LogP contribution in [0.3, 0.4) is 0 Å². The highest BCUT2D eigenvalue weighted by molar-refractivity contribution is 7.82. The average molecular weight is 398 g/mol. The maximum Gasteiger partial charge on any atom is 0.260 e. The Morgan fingerprint density at radius 2 is 1.70 bits per heavy atom. The number of piperidine rings is 1. The van der Waals surface area contributed by atoms with E-state index in [2.05, 4.69) is 11.9 Å². The highest BCUT2D eigenvalue weighted by Gasteiger charge is 2.49. The van der Waals surface area contributed by atoms with Gasteiger partial charge in [-0.2, -0.15) is 0 Å². The van der Waals surface area contributed by atoms with Crippen molar-refractivity contribution in [3.8, 4) is 0 Å². The molecule has 0 saturated carbocycles. The molecule has 2 aliphatic heterocycles. The number of hydrogen-bond acceptors (Lipinski definition) is 4. The van der Waals surface area contributed by atoms with Crippen LogP contribution >= 0.6 is 23.8 Å². The maximum absolute atomic E-state index is 13.4. The fraction of sp³-hybridized carbons (Fsp3) is 0.286. The lowest BCUT2D eigenvalue weighted by Crippen LogP contribution is -2.54. The molecular weight excluding hydrogens is 378 g/mol. The van der Waals surface area contributed by atoms with Gasteiger partial charge in [0.25, 0.3) is 5.91 Å². The fourth-order valence-corrected chi connectivity index (χ4v) is 4.24. The number of rotatable bonds is 2. The minimum absolute atomic E-state index is 0.115. The lowest BCUT2D eigenvalue weighted by molar-refractivity contribution is 0.0571. The molecule has 4 nitrogen and oxygen atoms in total. The van der Waals surface area contributed by atoms with E-state index in [4.69, 9.17) is 28.8 Å². The van der Waals surface area contributed by atoms with Gasteiger partial charge in [-0.05, 0) is 31.3 Å². The number of halogens is 1. The van der Waals surface area contributed by atoms with Crippen LogP contribution < -0.4 is 0 Å². The van der Waals surface area contributed by atoms with Crippen molar-refractivity contribution in [2.75, 3.05) is 20.1 Å². The quantitative estimate of drug-likeness (QED) is 0.717. The third-order valence-electron chi connectivity index (χ3n) is 5.27. The molecule has 2 heterocycles. The van der Waals surface area contributed by atoms with E-state index in [1.54, 1.807) is 29.2 Å². The number of nitrogens with zero attached hydrogens (tertiary/aromatic N) is 3. The molecule has 0 aliphatic carbocycles. The summed E-state index contributed by atoms with van der Waals surface area (Å²) in [6, 6.07) is 16.8. The molecule has 138 valence electrons. The standard InChI is InChI=1S/C21H20ClN3OS/c1-24-13-11-21(12-14-24)23-18(15-5-3-2-4-6-15)20(27)25(21)19(26)16-7-9-17(22)10-8-16/h2-10H,11-14H2,1H3. The van der Waals surface area contributed by atoms with Gasteiger partial charge in [0, 0.05) is 42.1 Å². The summed E-state index contributed by atoms with van der Waals surface area (Å²) in [5.41, 5.74) is 1.65. The van der Waals surface area contributed by atoms with Gasteiger partial charge < -0.3 is 4.90 Å². The van der Waals surface area contributed by atoms with Gasteiger partial charge in [-0.3, -0.25) is 14.7 Å². The predicted octanol–water partition coefficient (Wildman–Crippen LogP) is 4.03. The third-order valence-corrected chi connectivity index (χ3v) is 5.90. The number of hydrogen-bond donors (Lipinski definition) is 0. The van der Waals surface area contributed by atoms with Crippen LogP contribution in [0.25, 0.3) is 0 Å². The number of carbonyl (C=O) groups excluding carboxylic acids is 1. The van der Waals surface area contributed by atoms with Crippen molar-refractivity contribution in [3.63, 3.8) is 0 Å². The lowest BCUT2D eigenvalue weighted by atomic mass is 9.95. The van der Waals surface area contributed by atoms with Crippen LogP contribution in [0.5, 0.6) is 0 Å². The van der Waals surface area contributed by atoms with Gasteiger partial charge in [-0.25, -0.2) is 0 Å². The van der Waals surface area contributed by atoms with Crippen molar-refractivity contribution in [2.24, 2.45) is 4.99 Å². The zero-order valence-electron chi connectivity index (χ0n) is 15.1. The largest absolute Gasteiger partial charge is 0.306 e. The first-order valence-corrected chi connectivity index (χ1v) is 9.77. The molecule has 1 saturated heterocycles. The Labute approximate surface area is 169 Å². The van der Waals surface area contributed by atoms with Gasteiger partial charge in [0.15, 0.2) is 0 Å². The molecule has 0 radical (unpaired) electrons. The number of benzene rings is 2. The van der Waals surface area contributed by atoms with Crippen molar-refractivity contribution in [2.45, 2.75) is 18.5 Å². The Morgan fingerprint density at radius 1 is 1.07 bits per heavy atom. The second-order valence-electron chi connectivity index (χ2n) is 7.06. The zero-order valence-corrected chi connectivity index (χ0v) is 16.6. The summed E-state index contributed by atoms with van der Waals surface area (Å²) in [6.07, 6.45) is 1.53. The first kappa shape index (κ1) is 18.3. The number of aliphatic imine (C=N–C) groups is 1. The summed E-state index contributed by atoms with van der Waals surface area (Å²) < 4.78 is 0. The molecule has 1 fully saturated rings. The summed E-state index contributed by atoms with van der Waals surface area (Å²) in [5, 5.41) is 0.603. The highest BCUT2D eigenvalue weighted by atomic mass is 35.5. The van der Waals surface area contributed by atoms with E-state index < -0.39 is 5.66 Å². The molecule has 2 aromatic rings. The Kier molecular flexibility index (Phi) is 4.84. The number of carbonyl (C=O) groups is 1. The third kappa shape index (κ3) is 3.31. The molecule has 1 spiro atoms. The molecular formula is C21H20ClN3OS. The van der Waals surface area contributed by atoms with Gasteiger partial charge in [-0.1, -0.05) is 54.2 Å². The van der Waals surface area contributed by atoms with E-state index in [1.807, 2.05) is 30.3 Å². The van der Waals surface area contributed by atoms with Gasteiger partial charge in [0.2, 0.25) is 0 Å². The normalized spacial score (nSPS) is 19.4. The molecule has 4 rings (SSSR count). The second kappa shape index (κ2) is 7.15. The minimum atomic E-state index is -0.606. The van der Waals surface area contributed by atoms with Crippen molar-refractivity contribution in [3.05, 3.63) is 70.7 Å². The van der Waals surface area contributed by atoms with Crippen LogP contribution in [-0.2, 0) is 0 Å². The number of likely N-dealkylation sites (tertiary alicyclic amines) is 1. The first-order chi connectivity index (χ1) is 13.0. The van der Waals surface area contributed by atoms with Crippen molar-refractivity contribution >= 4 is 40.4 Å². The van der Waals surface area contributed by atoms with E-state index in [9.17, 15) is 4.79 Å². The van der Waals surface area contributed by atoms with E-state index in [0.29, 0.717) is 15.6 Å². The summed E-state index contributed by atoms with van der Waals surface area (Å²) in [7, 11) is 2.09. The Morgan fingerprint density at radius 3 is 2.33 bits per heavy atom. The van der Waals surface area contributed by atoms with Gasteiger partial charge in [0.1, 0.15) is 16.4 Å². The molecule has 6 heteroatoms. The fourth-order valence-electron chi connectivity index (χ4n) is 3.70. The monoisotopic (exact) mass is 397 g/mol. The SMILES string of the molecule is CN1CCC2(CC1)N=C(c1ccccc1)C(=S)N2C(=O)c1ccc(Cl)cc1. The lowest BCUT2D eigenvalue weighted by Gasteiger charge is -2.41. The topological polar surface area (TPSA) is 35.9 Å². The predicted molar refractivity (Wildman–Crippen MR) is 113 cm³/mol. The van der Waals surface area contributed by atoms with Crippen LogP contribution in [0.4, 0.5) is 0 Å². The number of thiocarbonyl (C=S) groups is 1. The molecule has 0 aromatic heterocycles. The Hall–Kier alpha value is -2.08. The molecule has 0 unspecified atom stereocenters. The van der Waals surface area contributed by atoms with Crippen LogP contribution in [-0.4, -0.2) is 52.2 Å². The molecule has 1 amide bonds. The van der Waals surface area contributed by atoms with Crippen molar-refractivity contribution < 1.29 is 4.79 Å².